The first-order valence-corrected chi connectivity index (χ1v) is 7.56. The van der Waals surface area contributed by atoms with E-state index < -0.39 is 0 Å². The van der Waals surface area contributed by atoms with Crippen molar-refractivity contribution < 1.29 is 9.53 Å². The zero-order chi connectivity index (χ0) is 14.6. The number of hydrogen-bond donors (Lipinski definition) is 2. The molecule has 1 aliphatic heterocycles. The molecule has 0 saturated carbocycles. The predicted octanol–water partition coefficient (Wildman–Crippen LogP) is 1.21. The highest BCUT2D eigenvalue weighted by molar-refractivity contribution is 14.0. The number of guanidine groups is 1. The van der Waals surface area contributed by atoms with Crippen LogP contribution in [0.4, 0.5) is 0 Å². The monoisotopic (exact) mass is 412 g/mol. The minimum Gasteiger partial charge on any atom is -0.385 e. The van der Waals surface area contributed by atoms with E-state index in [2.05, 4.69) is 22.5 Å². The van der Waals surface area contributed by atoms with Crippen molar-refractivity contribution in [3.63, 3.8) is 0 Å². The van der Waals surface area contributed by atoms with Gasteiger partial charge >= 0.3 is 0 Å². The van der Waals surface area contributed by atoms with Crippen LogP contribution in [-0.4, -0.2) is 63.2 Å². The fourth-order valence-electron chi connectivity index (χ4n) is 2.16. The molecule has 1 aliphatic rings. The number of likely N-dealkylation sites (tertiary alicyclic amines) is 1. The van der Waals surface area contributed by atoms with Gasteiger partial charge in [-0.25, -0.2) is 0 Å². The molecule has 6 nitrogen and oxygen atoms in total. The predicted molar refractivity (Wildman–Crippen MR) is 96.3 cm³/mol. The first-order valence-electron chi connectivity index (χ1n) is 7.56. The summed E-state index contributed by atoms with van der Waals surface area (Å²) in [6, 6.07) is 0. The average Bonchev–Trinajstić information content (AvgIpc) is 2.85. The average molecular weight is 412 g/mol. The van der Waals surface area contributed by atoms with E-state index in [9.17, 15) is 4.79 Å². The number of rotatable bonds is 9. The van der Waals surface area contributed by atoms with Crippen LogP contribution in [0.2, 0.25) is 0 Å². The molecular weight excluding hydrogens is 383 g/mol. The molecule has 1 fully saturated rings. The third kappa shape index (κ3) is 9.13. The van der Waals surface area contributed by atoms with Gasteiger partial charge < -0.3 is 20.3 Å². The minimum absolute atomic E-state index is 0. The van der Waals surface area contributed by atoms with Gasteiger partial charge in [0.25, 0.3) is 0 Å². The topological polar surface area (TPSA) is 66.0 Å². The second-order valence-corrected chi connectivity index (χ2v) is 4.87. The second kappa shape index (κ2) is 13.1. The molecule has 0 aliphatic carbocycles. The quantitative estimate of drug-likeness (QED) is 0.259. The van der Waals surface area contributed by atoms with Gasteiger partial charge in [0.2, 0.25) is 5.91 Å². The summed E-state index contributed by atoms with van der Waals surface area (Å²) in [6.45, 7) is 6.98. The molecule has 0 spiro atoms. The number of halogens is 1. The number of methoxy groups -OCH3 is 1. The van der Waals surface area contributed by atoms with Gasteiger partial charge in [-0.05, 0) is 26.2 Å². The van der Waals surface area contributed by atoms with Crippen LogP contribution >= 0.6 is 24.0 Å². The van der Waals surface area contributed by atoms with E-state index in [0.29, 0.717) is 12.3 Å². The zero-order valence-corrected chi connectivity index (χ0v) is 15.5. The van der Waals surface area contributed by atoms with E-state index in [0.717, 1.165) is 64.6 Å². The Kier molecular flexibility index (Phi) is 12.8. The van der Waals surface area contributed by atoms with E-state index in [1.807, 2.05) is 4.90 Å². The van der Waals surface area contributed by atoms with Gasteiger partial charge in [0.05, 0.1) is 0 Å². The van der Waals surface area contributed by atoms with Crippen molar-refractivity contribution in [2.24, 2.45) is 4.99 Å². The second-order valence-electron chi connectivity index (χ2n) is 4.87. The summed E-state index contributed by atoms with van der Waals surface area (Å²) in [5.74, 6) is 1.13. The van der Waals surface area contributed by atoms with Crippen molar-refractivity contribution >= 4 is 35.8 Å². The minimum atomic E-state index is 0. The smallest absolute Gasteiger partial charge is 0.222 e. The molecule has 0 atom stereocenters. The Morgan fingerprint density at radius 3 is 2.81 bits per heavy atom. The number of carbonyl (C=O) groups excluding carboxylic acids is 1. The molecule has 1 heterocycles. The fraction of sp³-hybridized carbons (Fsp3) is 0.857. The molecular formula is C14H29IN4O2. The Balaban J connectivity index is 0.00000400. The molecule has 0 aromatic carbocycles. The fourth-order valence-corrected chi connectivity index (χ4v) is 2.16. The van der Waals surface area contributed by atoms with Gasteiger partial charge in [0.15, 0.2) is 5.96 Å². The number of nitrogens with zero attached hydrogens (tertiary/aromatic N) is 2. The highest BCUT2D eigenvalue weighted by Gasteiger charge is 2.18. The third-order valence-corrected chi connectivity index (χ3v) is 3.19. The third-order valence-electron chi connectivity index (χ3n) is 3.19. The summed E-state index contributed by atoms with van der Waals surface area (Å²) in [5.41, 5.74) is 0. The Hall–Kier alpha value is -0.570. The van der Waals surface area contributed by atoms with Crippen LogP contribution in [0.25, 0.3) is 0 Å². The van der Waals surface area contributed by atoms with Gasteiger partial charge in [-0.15, -0.1) is 24.0 Å². The van der Waals surface area contributed by atoms with Crippen LogP contribution in [0.1, 0.15) is 32.6 Å². The summed E-state index contributed by atoms with van der Waals surface area (Å²) >= 11 is 0. The van der Waals surface area contributed by atoms with Gasteiger partial charge in [0.1, 0.15) is 0 Å². The van der Waals surface area contributed by atoms with Gasteiger partial charge in [-0.1, -0.05) is 0 Å². The normalized spacial score (nSPS) is 15.0. The number of amides is 1. The molecule has 21 heavy (non-hydrogen) atoms. The molecule has 0 aromatic rings. The van der Waals surface area contributed by atoms with E-state index in [1.165, 1.54) is 0 Å². The lowest BCUT2D eigenvalue weighted by atomic mass is 10.4. The summed E-state index contributed by atoms with van der Waals surface area (Å²) in [4.78, 5) is 17.9. The highest BCUT2D eigenvalue weighted by Crippen LogP contribution is 2.09. The number of hydrogen-bond acceptors (Lipinski definition) is 3. The Morgan fingerprint density at radius 1 is 1.38 bits per heavy atom. The van der Waals surface area contributed by atoms with Crippen LogP contribution in [0.3, 0.4) is 0 Å². The molecule has 1 saturated heterocycles. The summed E-state index contributed by atoms with van der Waals surface area (Å²) in [5, 5.41) is 6.49. The standard InChI is InChI=1S/C14H28N4O2.HI/c1-3-15-14(17-9-6-12-20-2)16-8-5-11-18-10-4-7-13(18)19;/h3-12H2,1-2H3,(H2,15,16,17);1H. The molecule has 0 aromatic heterocycles. The SMILES string of the molecule is CCNC(=NCCCN1CCCC1=O)NCCCOC.I. The van der Waals surface area contributed by atoms with Crippen LogP contribution in [-0.2, 0) is 9.53 Å². The van der Waals surface area contributed by atoms with Crippen molar-refractivity contribution in [2.75, 3.05) is 46.4 Å². The van der Waals surface area contributed by atoms with E-state index in [4.69, 9.17) is 4.74 Å². The lowest BCUT2D eigenvalue weighted by Crippen LogP contribution is -2.38. The van der Waals surface area contributed by atoms with Crippen LogP contribution in [0.15, 0.2) is 4.99 Å². The molecule has 0 unspecified atom stereocenters. The zero-order valence-electron chi connectivity index (χ0n) is 13.2. The van der Waals surface area contributed by atoms with Crippen molar-refractivity contribution in [3.8, 4) is 0 Å². The lowest BCUT2D eigenvalue weighted by Gasteiger charge is -2.15. The molecule has 1 rings (SSSR count). The first-order chi connectivity index (χ1) is 9.77. The van der Waals surface area contributed by atoms with E-state index in [-0.39, 0.29) is 24.0 Å². The summed E-state index contributed by atoms with van der Waals surface area (Å²) in [7, 11) is 1.71. The Labute approximate surface area is 145 Å². The first kappa shape index (κ1) is 20.4. The maximum atomic E-state index is 11.5. The van der Waals surface area contributed by atoms with E-state index >= 15 is 0 Å². The van der Waals surface area contributed by atoms with Crippen LogP contribution in [0, 0.1) is 0 Å². The maximum absolute atomic E-state index is 11.5. The van der Waals surface area contributed by atoms with E-state index in [1.54, 1.807) is 7.11 Å². The molecule has 0 bridgehead atoms. The molecule has 7 heteroatoms. The summed E-state index contributed by atoms with van der Waals surface area (Å²) in [6.07, 6.45) is 3.60. The van der Waals surface area contributed by atoms with Gasteiger partial charge in [-0.3, -0.25) is 9.79 Å². The number of aliphatic imine (C=N–C) groups is 1. The molecule has 2 N–H and O–H groups in total. The number of ether oxygens (including phenoxy) is 1. The molecule has 1 amide bonds. The highest BCUT2D eigenvalue weighted by atomic mass is 127. The van der Waals surface area contributed by atoms with Crippen molar-refractivity contribution in [1.82, 2.24) is 15.5 Å². The van der Waals surface area contributed by atoms with Crippen molar-refractivity contribution in [1.29, 1.82) is 0 Å². The molecule has 124 valence electrons. The van der Waals surface area contributed by atoms with Crippen molar-refractivity contribution in [3.05, 3.63) is 0 Å². The Morgan fingerprint density at radius 2 is 2.19 bits per heavy atom. The number of nitrogens with one attached hydrogen (secondary N) is 2. The van der Waals surface area contributed by atoms with Gasteiger partial charge in [0, 0.05) is 52.9 Å². The molecule has 0 radical (unpaired) electrons. The summed E-state index contributed by atoms with van der Waals surface area (Å²) < 4.78 is 5.01. The van der Waals surface area contributed by atoms with Gasteiger partial charge in [-0.2, -0.15) is 0 Å². The Bertz CT molecular complexity index is 313. The number of carbonyl (C=O) groups is 1. The van der Waals surface area contributed by atoms with Crippen molar-refractivity contribution in [2.45, 2.75) is 32.6 Å². The lowest BCUT2D eigenvalue weighted by molar-refractivity contribution is -0.127. The largest absolute Gasteiger partial charge is 0.385 e. The van der Waals surface area contributed by atoms with Crippen LogP contribution in [0.5, 0.6) is 0 Å². The van der Waals surface area contributed by atoms with Crippen LogP contribution < -0.4 is 10.6 Å². The maximum Gasteiger partial charge on any atom is 0.222 e.